The highest BCUT2D eigenvalue weighted by Crippen LogP contribution is 2.31. The summed E-state index contributed by atoms with van der Waals surface area (Å²) >= 11 is 1.36. The molecule has 0 aliphatic carbocycles. The number of nitrogens with zero attached hydrogens (tertiary/aromatic N) is 3. The number of carbonyl (C=O) groups is 1. The zero-order valence-corrected chi connectivity index (χ0v) is 21.6. The number of hydrogen-bond donors (Lipinski definition) is 1. The highest BCUT2D eigenvalue weighted by Gasteiger charge is 2.22. The molecule has 0 spiro atoms. The van der Waals surface area contributed by atoms with Crippen LogP contribution in [0.25, 0.3) is 0 Å². The SMILES string of the molecule is COc1ccccc1NC(=O)CSc1nnc(C(C)Oc2ccccc2C(C)C)n1CC(C)C. The molecule has 2 aromatic carbocycles. The number of amides is 1. The minimum Gasteiger partial charge on any atom is -0.495 e. The van der Waals surface area contributed by atoms with E-state index in [4.69, 9.17) is 9.47 Å². The normalized spacial score (nSPS) is 12.1. The summed E-state index contributed by atoms with van der Waals surface area (Å²) in [4.78, 5) is 12.6. The van der Waals surface area contributed by atoms with Gasteiger partial charge in [0.2, 0.25) is 5.91 Å². The van der Waals surface area contributed by atoms with Crippen molar-refractivity contribution in [3.8, 4) is 11.5 Å². The van der Waals surface area contributed by atoms with Crippen molar-refractivity contribution in [2.24, 2.45) is 5.92 Å². The lowest BCUT2D eigenvalue weighted by Crippen LogP contribution is -2.17. The summed E-state index contributed by atoms with van der Waals surface area (Å²) in [5, 5.41) is 12.4. The molecule has 1 N–H and O–H groups in total. The molecule has 1 heterocycles. The van der Waals surface area contributed by atoms with Gasteiger partial charge in [-0.15, -0.1) is 10.2 Å². The molecule has 34 heavy (non-hydrogen) atoms. The van der Waals surface area contributed by atoms with Gasteiger partial charge < -0.3 is 19.4 Å². The van der Waals surface area contributed by atoms with Crippen LogP contribution in [0.15, 0.2) is 53.7 Å². The summed E-state index contributed by atoms with van der Waals surface area (Å²) in [6.45, 7) is 11.3. The average Bonchev–Trinajstić information content (AvgIpc) is 3.20. The van der Waals surface area contributed by atoms with E-state index in [9.17, 15) is 4.79 Å². The van der Waals surface area contributed by atoms with Crippen LogP contribution in [0, 0.1) is 5.92 Å². The molecule has 0 aliphatic heterocycles. The molecule has 0 aliphatic rings. The monoisotopic (exact) mass is 482 g/mol. The fraction of sp³-hybridized carbons (Fsp3) is 0.423. The summed E-state index contributed by atoms with van der Waals surface area (Å²) in [5.41, 5.74) is 1.80. The molecule has 1 amide bonds. The van der Waals surface area contributed by atoms with Crippen LogP contribution in [0.5, 0.6) is 11.5 Å². The molecular weight excluding hydrogens is 448 g/mol. The standard InChI is InChI=1S/C26H34N4O3S/c1-17(2)15-30-25(19(5)33-22-13-9-7-11-20(22)18(3)4)28-29-26(30)34-16-24(31)27-21-12-8-10-14-23(21)32-6/h7-14,17-19H,15-16H2,1-6H3,(H,27,31). The number of rotatable bonds is 11. The van der Waals surface area contributed by atoms with Crippen LogP contribution in [0.2, 0.25) is 0 Å². The van der Waals surface area contributed by atoms with Crippen LogP contribution >= 0.6 is 11.8 Å². The first-order valence-electron chi connectivity index (χ1n) is 11.5. The number of methoxy groups -OCH3 is 1. The molecule has 1 unspecified atom stereocenters. The van der Waals surface area contributed by atoms with Gasteiger partial charge in [-0.1, -0.05) is 69.8 Å². The van der Waals surface area contributed by atoms with Crippen LogP contribution in [0.4, 0.5) is 5.69 Å². The Morgan fingerprint density at radius 1 is 1.00 bits per heavy atom. The van der Waals surface area contributed by atoms with E-state index in [0.29, 0.717) is 28.4 Å². The van der Waals surface area contributed by atoms with Crippen molar-refractivity contribution in [1.82, 2.24) is 14.8 Å². The molecule has 0 saturated carbocycles. The Balaban J connectivity index is 1.74. The van der Waals surface area contributed by atoms with Crippen molar-refractivity contribution in [3.63, 3.8) is 0 Å². The van der Waals surface area contributed by atoms with Gasteiger partial charge in [-0.3, -0.25) is 4.79 Å². The van der Waals surface area contributed by atoms with Crippen LogP contribution < -0.4 is 14.8 Å². The van der Waals surface area contributed by atoms with E-state index in [-0.39, 0.29) is 17.8 Å². The molecule has 0 bridgehead atoms. The molecule has 0 saturated heterocycles. The maximum absolute atomic E-state index is 12.6. The van der Waals surface area contributed by atoms with E-state index in [0.717, 1.165) is 23.7 Å². The molecular formula is C26H34N4O3S. The number of benzene rings is 2. The van der Waals surface area contributed by atoms with E-state index in [2.05, 4.69) is 53.8 Å². The zero-order chi connectivity index (χ0) is 24.7. The van der Waals surface area contributed by atoms with Crippen LogP contribution in [-0.4, -0.2) is 33.5 Å². The molecule has 0 radical (unpaired) electrons. The largest absolute Gasteiger partial charge is 0.495 e. The first-order chi connectivity index (χ1) is 16.3. The molecule has 182 valence electrons. The highest BCUT2D eigenvalue weighted by atomic mass is 32.2. The maximum atomic E-state index is 12.6. The summed E-state index contributed by atoms with van der Waals surface area (Å²) in [7, 11) is 1.58. The van der Waals surface area contributed by atoms with Crippen molar-refractivity contribution < 1.29 is 14.3 Å². The minimum absolute atomic E-state index is 0.134. The van der Waals surface area contributed by atoms with E-state index in [1.165, 1.54) is 11.8 Å². The second kappa shape index (κ2) is 11.9. The average molecular weight is 483 g/mol. The maximum Gasteiger partial charge on any atom is 0.234 e. The second-order valence-corrected chi connectivity index (χ2v) is 9.78. The van der Waals surface area contributed by atoms with Gasteiger partial charge in [-0.25, -0.2) is 0 Å². The second-order valence-electron chi connectivity index (χ2n) is 8.83. The van der Waals surface area contributed by atoms with Gasteiger partial charge >= 0.3 is 0 Å². The first-order valence-corrected chi connectivity index (χ1v) is 12.5. The highest BCUT2D eigenvalue weighted by molar-refractivity contribution is 7.99. The number of carbonyl (C=O) groups excluding carboxylic acids is 1. The smallest absolute Gasteiger partial charge is 0.234 e. The number of ether oxygens (including phenoxy) is 2. The Kier molecular flexibility index (Phi) is 8.98. The summed E-state index contributed by atoms with van der Waals surface area (Å²) in [6, 6.07) is 15.4. The quantitative estimate of drug-likeness (QED) is 0.341. The summed E-state index contributed by atoms with van der Waals surface area (Å²) < 4.78 is 13.7. The third-order valence-electron chi connectivity index (χ3n) is 5.21. The van der Waals surface area contributed by atoms with Gasteiger partial charge in [0, 0.05) is 6.54 Å². The summed E-state index contributed by atoms with van der Waals surface area (Å²) in [6.07, 6.45) is -0.289. The number of aromatic nitrogens is 3. The van der Waals surface area contributed by atoms with Crippen molar-refractivity contribution in [3.05, 3.63) is 59.9 Å². The predicted octanol–water partition coefficient (Wildman–Crippen LogP) is 5.94. The lowest BCUT2D eigenvalue weighted by molar-refractivity contribution is -0.113. The number of nitrogens with one attached hydrogen (secondary N) is 1. The fourth-order valence-electron chi connectivity index (χ4n) is 3.62. The van der Waals surface area contributed by atoms with E-state index >= 15 is 0 Å². The Bertz CT molecular complexity index is 1100. The third kappa shape index (κ3) is 6.53. The molecule has 1 aromatic heterocycles. The van der Waals surface area contributed by atoms with Crippen molar-refractivity contribution in [1.29, 1.82) is 0 Å². The van der Waals surface area contributed by atoms with Crippen molar-refractivity contribution >= 4 is 23.4 Å². The van der Waals surface area contributed by atoms with Gasteiger partial charge in [0.15, 0.2) is 17.1 Å². The van der Waals surface area contributed by atoms with Gasteiger partial charge in [-0.2, -0.15) is 0 Å². The number of para-hydroxylation sites is 3. The number of hydrogen-bond acceptors (Lipinski definition) is 6. The fourth-order valence-corrected chi connectivity index (χ4v) is 4.37. The third-order valence-corrected chi connectivity index (χ3v) is 6.18. The molecule has 3 rings (SSSR count). The Morgan fingerprint density at radius 3 is 2.35 bits per heavy atom. The van der Waals surface area contributed by atoms with Crippen molar-refractivity contribution in [2.45, 2.75) is 58.3 Å². The Hall–Kier alpha value is -3.00. The van der Waals surface area contributed by atoms with Gasteiger partial charge in [0.1, 0.15) is 11.5 Å². The lowest BCUT2D eigenvalue weighted by atomic mass is 10.0. The van der Waals surface area contributed by atoms with E-state index < -0.39 is 0 Å². The predicted molar refractivity (Wildman–Crippen MR) is 137 cm³/mol. The topological polar surface area (TPSA) is 78.3 Å². The van der Waals surface area contributed by atoms with Crippen molar-refractivity contribution in [2.75, 3.05) is 18.2 Å². The van der Waals surface area contributed by atoms with Crippen LogP contribution in [0.1, 0.15) is 58.0 Å². The van der Waals surface area contributed by atoms with Crippen LogP contribution in [-0.2, 0) is 11.3 Å². The minimum atomic E-state index is -0.289. The Morgan fingerprint density at radius 2 is 1.68 bits per heavy atom. The van der Waals surface area contributed by atoms with Gasteiger partial charge in [-0.05, 0) is 42.5 Å². The molecule has 1 atom stereocenters. The Labute approximate surface area is 206 Å². The van der Waals surface area contributed by atoms with E-state index in [1.54, 1.807) is 7.11 Å². The van der Waals surface area contributed by atoms with Gasteiger partial charge in [0.05, 0.1) is 18.6 Å². The first kappa shape index (κ1) is 25.6. The number of thioether (sulfide) groups is 1. The molecule has 8 heteroatoms. The van der Waals surface area contributed by atoms with E-state index in [1.807, 2.05) is 49.4 Å². The number of anilines is 1. The molecule has 0 fully saturated rings. The van der Waals surface area contributed by atoms with Crippen LogP contribution in [0.3, 0.4) is 0 Å². The molecule has 3 aromatic rings. The lowest BCUT2D eigenvalue weighted by Gasteiger charge is -2.20. The summed E-state index contributed by atoms with van der Waals surface area (Å²) in [5.74, 6) is 3.04. The zero-order valence-electron chi connectivity index (χ0n) is 20.7. The molecule has 7 nitrogen and oxygen atoms in total. The van der Waals surface area contributed by atoms with Gasteiger partial charge in [0.25, 0.3) is 0 Å².